The highest BCUT2D eigenvalue weighted by Gasteiger charge is 2.24. The summed E-state index contributed by atoms with van der Waals surface area (Å²) in [5.41, 5.74) is 0. The van der Waals surface area contributed by atoms with E-state index in [4.69, 9.17) is 16.3 Å². The van der Waals surface area contributed by atoms with Crippen molar-refractivity contribution in [1.29, 1.82) is 0 Å². The van der Waals surface area contributed by atoms with Crippen LogP contribution in [0.2, 0.25) is 5.02 Å². The van der Waals surface area contributed by atoms with Crippen LogP contribution in [-0.4, -0.2) is 19.2 Å². The SMILES string of the molecule is Clc1ccccc1OCC[NH2+]C1CC1.[Cl-]. The van der Waals surface area contributed by atoms with E-state index in [1.165, 1.54) is 12.8 Å². The molecule has 2 nitrogen and oxygen atoms in total. The van der Waals surface area contributed by atoms with E-state index in [1.807, 2.05) is 24.3 Å². The topological polar surface area (TPSA) is 25.8 Å². The van der Waals surface area contributed by atoms with Crippen LogP contribution in [0.15, 0.2) is 24.3 Å². The van der Waals surface area contributed by atoms with Gasteiger partial charge < -0.3 is 22.5 Å². The first-order chi connectivity index (χ1) is 6.86. The maximum Gasteiger partial charge on any atom is 0.138 e. The molecule has 0 saturated heterocycles. The number of halogens is 2. The molecule has 0 bridgehead atoms. The average molecular weight is 248 g/mol. The fourth-order valence-electron chi connectivity index (χ4n) is 1.37. The number of hydrogen-bond donors (Lipinski definition) is 1. The molecule has 1 saturated carbocycles. The van der Waals surface area contributed by atoms with Crippen molar-refractivity contribution in [2.45, 2.75) is 18.9 Å². The van der Waals surface area contributed by atoms with Crippen LogP contribution in [0.1, 0.15) is 12.8 Å². The Bertz CT molecular complexity index is 302. The van der Waals surface area contributed by atoms with E-state index in [9.17, 15) is 0 Å². The first-order valence-corrected chi connectivity index (χ1v) is 5.45. The number of benzene rings is 1. The highest BCUT2D eigenvalue weighted by Crippen LogP contribution is 2.22. The number of rotatable bonds is 5. The van der Waals surface area contributed by atoms with Crippen LogP contribution in [0.3, 0.4) is 0 Å². The Morgan fingerprint density at radius 2 is 2.07 bits per heavy atom. The van der Waals surface area contributed by atoms with Gasteiger partial charge in [-0.1, -0.05) is 23.7 Å². The van der Waals surface area contributed by atoms with Crippen LogP contribution in [0.5, 0.6) is 5.75 Å². The van der Waals surface area contributed by atoms with Gasteiger partial charge in [0.05, 0.1) is 11.1 Å². The van der Waals surface area contributed by atoms with Crippen molar-refractivity contribution in [2.24, 2.45) is 0 Å². The second kappa shape index (κ2) is 6.21. The van der Waals surface area contributed by atoms with Crippen LogP contribution in [0.25, 0.3) is 0 Å². The minimum absolute atomic E-state index is 0. The van der Waals surface area contributed by atoms with Crippen LogP contribution in [0.4, 0.5) is 0 Å². The second-order valence-electron chi connectivity index (χ2n) is 3.64. The molecule has 0 aromatic heterocycles. The Labute approximate surface area is 101 Å². The monoisotopic (exact) mass is 247 g/mol. The average Bonchev–Trinajstić information content (AvgIpc) is 2.99. The molecule has 0 unspecified atom stereocenters. The lowest BCUT2D eigenvalue weighted by atomic mass is 10.3. The number of nitrogens with two attached hydrogens (primary N) is 1. The Balaban J connectivity index is 0.00000112. The number of ether oxygens (including phenoxy) is 1. The van der Waals surface area contributed by atoms with Crippen molar-refractivity contribution in [3.05, 3.63) is 29.3 Å². The zero-order valence-electron chi connectivity index (χ0n) is 8.46. The van der Waals surface area contributed by atoms with Gasteiger partial charge in [0.2, 0.25) is 0 Å². The summed E-state index contributed by atoms with van der Waals surface area (Å²) in [6.45, 7) is 1.76. The van der Waals surface area contributed by atoms with Crippen molar-refractivity contribution in [1.82, 2.24) is 0 Å². The van der Waals surface area contributed by atoms with E-state index in [1.54, 1.807) is 0 Å². The van der Waals surface area contributed by atoms with Gasteiger partial charge in [-0.05, 0) is 12.1 Å². The van der Waals surface area contributed by atoms with Crippen molar-refractivity contribution in [2.75, 3.05) is 13.2 Å². The third-order valence-corrected chi connectivity index (χ3v) is 2.65. The highest BCUT2D eigenvalue weighted by molar-refractivity contribution is 6.32. The van der Waals surface area contributed by atoms with Gasteiger partial charge in [0.15, 0.2) is 0 Å². The van der Waals surface area contributed by atoms with Crippen molar-refractivity contribution in [3.63, 3.8) is 0 Å². The Hall–Kier alpha value is -0.440. The minimum Gasteiger partial charge on any atom is -1.00 e. The first-order valence-electron chi connectivity index (χ1n) is 5.07. The molecular formula is C11H15Cl2NO. The Morgan fingerprint density at radius 3 is 2.73 bits per heavy atom. The lowest BCUT2D eigenvalue weighted by molar-refractivity contribution is -0.668. The number of quaternary nitrogens is 1. The molecule has 1 aliphatic carbocycles. The zero-order valence-corrected chi connectivity index (χ0v) is 9.97. The Morgan fingerprint density at radius 1 is 1.33 bits per heavy atom. The molecule has 1 fully saturated rings. The minimum atomic E-state index is 0. The normalized spacial score (nSPS) is 14.5. The van der Waals surface area contributed by atoms with E-state index < -0.39 is 0 Å². The molecule has 0 spiro atoms. The van der Waals surface area contributed by atoms with Gasteiger partial charge in [0, 0.05) is 12.8 Å². The Kier molecular flexibility index (Phi) is 5.23. The standard InChI is InChI=1S/C11H14ClNO.ClH/c12-10-3-1-2-4-11(10)14-8-7-13-9-5-6-9;/h1-4,9,13H,5-8H2;1H. The van der Waals surface area contributed by atoms with Gasteiger partial charge in [-0.15, -0.1) is 0 Å². The van der Waals surface area contributed by atoms with Crippen LogP contribution in [0, 0.1) is 0 Å². The van der Waals surface area contributed by atoms with Gasteiger partial charge in [-0.2, -0.15) is 0 Å². The fraction of sp³-hybridized carbons (Fsp3) is 0.455. The molecule has 84 valence electrons. The molecule has 4 heteroatoms. The summed E-state index contributed by atoms with van der Waals surface area (Å²) in [5, 5.41) is 3.04. The fourth-order valence-corrected chi connectivity index (χ4v) is 1.56. The van der Waals surface area contributed by atoms with Gasteiger partial charge in [0.1, 0.15) is 18.9 Å². The van der Waals surface area contributed by atoms with Gasteiger partial charge >= 0.3 is 0 Å². The molecule has 2 N–H and O–H groups in total. The molecule has 0 amide bonds. The summed E-state index contributed by atoms with van der Waals surface area (Å²) < 4.78 is 5.55. The lowest BCUT2D eigenvalue weighted by Gasteiger charge is -2.06. The maximum absolute atomic E-state index is 5.94. The van der Waals surface area contributed by atoms with E-state index in [2.05, 4.69) is 5.32 Å². The molecular weight excluding hydrogens is 233 g/mol. The summed E-state index contributed by atoms with van der Waals surface area (Å²) in [6, 6.07) is 8.46. The van der Waals surface area contributed by atoms with Crippen LogP contribution in [-0.2, 0) is 0 Å². The van der Waals surface area contributed by atoms with Gasteiger partial charge in [-0.3, -0.25) is 0 Å². The van der Waals surface area contributed by atoms with E-state index in [0.717, 1.165) is 24.9 Å². The molecule has 15 heavy (non-hydrogen) atoms. The molecule has 0 atom stereocenters. The predicted molar refractivity (Wildman–Crippen MR) is 56.8 cm³/mol. The second-order valence-corrected chi connectivity index (χ2v) is 4.05. The molecule has 0 heterocycles. The van der Waals surface area contributed by atoms with Crippen molar-refractivity contribution < 1.29 is 22.5 Å². The molecule has 1 aliphatic rings. The summed E-state index contributed by atoms with van der Waals surface area (Å²) in [7, 11) is 0. The van der Waals surface area contributed by atoms with E-state index >= 15 is 0 Å². The van der Waals surface area contributed by atoms with Crippen LogP contribution < -0.4 is 22.5 Å². The summed E-state index contributed by atoms with van der Waals surface area (Å²) >= 11 is 5.94. The van der Waals surface area contributed by atoms with E-state index in [0.29, 0.717) is 5.02 Å². The molecule has 1 aromatic carbocycles. The smallest absolute Gasteiger partial charge is 0.138 e. The summed E-state index contributed by atoms with van der Waals surface area (Å²) in [4.78, 5) is 0. The third-order valence-electron chi connectivity index (χ3n) is 2.33. The zero-order chi connectivity index (χ0) is 9.80. The van der Waals surface area contributed by atoms with Crippen molar-refractivity contribution >= 4 is 11.6 Å². The molecule has 0 radical (unpaired) electrons. The number of hydrogen-bond acceptors (Lipinski definition) is 1. The molecule has 2 rings (SSSR count). The lowest BCUT2D eigenvalue weighted by Crippen LogP contribution is -3.00. The molecule has 0 aliphatic heterocycles. The molecule has 1 aromatic rings. The van der Waals surface area contributed by atoms with Crippen LogP contribution >= 0.6 is 11.6 Å². The quantitative estimate of drug-likeness (QED) is 0.627. The highest BCUT2D eigenvalue weighted by atomic mass is 35.5. The van der Waals surface area contributed by atoms with E-state index in [-0.39, 0.29) is 12.4 Å². The number of para-hydroxylation sites is 1. The van der Waals surface area contributed by atoms with Gasteiger partial charge in [-0.25, -0.2) is 0 Å². The largest absolute Gasteiger partial charge is 1.00 e. The summed E-state index contributed by atoms with van der Waals surface area (Å²) in [5.74, 6) is 0.790. The predicted octanol–water partition coefficient (Wildman–Crippen LogP) is -1.55. The van der Waals surface area contributed by atoms with Crippen molar-refractivity contribution in [3.8, 4) is 5.75 Å². The third kappa shape index (κ3) is 4.29. The first kappa shape index (κ1) is 12.6. The summed E-state index contributed by atoms with van der Waals surface area (Å²) in [6.07, 6.45) is 2.73. The van der Waals surface area contributed by atoms with Gasteiger partial charge in [0.25, 0.3) is 0 Å². The maximum atomic E-state index is 5.94.